The van der Waals surface area contributed by atoms with Crippen LogP contribution in [0.3, 0.4) is 0 Å². The first kappa shape index (κ1) is 12.1. The van der Waals surface area contributed by atoms with Gasteiger partial charge < -0.3 is 10.5 Å². The normalized spacial score (nSPS) is 13.7. The molecule has 0 radical (unpaired) electrons. The van der Waals surface area contributed by atoms with Crippen molar-refractivity contribution in [2.45, 2.75) is 38.6 Å². The van der Waals surface area contributed by atoms with Crippen LogP contribution in [0.2, 0.25) is 0 Å². The molecular weight excluding hydrogens is 186 g/mol. The zero-order chi connectivity index (χ0) is 11.5. The van der Waals surface area contributed by atoms with E-state index in [1.165, 1.54) is 5.56 Å². The molecule has 0 spiro atoms. The Labute approximate surface area is 92.4 Å². The fourth-order valence-electron chi connectivity index (χ4n) is 2.12. The van der Waals surface area contributed by atoms with E-state index >= 15 is 0 Å². The largest absolute Gasteiger partial charge is 0.496 e. The molecule has 0 bridgehead atoms. The quantitative estimate of drug-likeness (QED) is 0.824. The van der Waals surface area contributed by atoms with Crippen molar-refractivity contribution in [2.75, 3.05) is 7.11 Å². The molecule has 0 saturated carbocycles. The summed E-state index contributed by atoms with van der Waals surface area (Å²) in [6.07, 6.45) is 0.952. The Bertz CT molecular complexity index is 318. The highest BCUT2D eigenvalue weighted by molar-refractivity contribution is 5.38. The monoisotopic (exact) mass is 207 g/mol. The third kappa shape index (κ3) is 2.96. The van der Waals surface area contributed by atoms with E-state index in [1.54, 1.807) is 7.11 Å². The highest BCUT2D eigenvalue weighted by Gasteiger charge is 2.25. The van der Waals surface area contributed by atoms with Crippen molar-refractivity contribution in [1.82, 2.24) is 0 Å². The second-order valence-electron chi connectivity index (χ2n) is 4.77. The minimum atomic E-state index is 0.0563. The van der Waals surface area contributed by atoms with Gasteiger partial charge in [0.15, 0.2) is 0 Å². The summed E-state index contributed by atoms with van der Waals surface area (Å²) in [5, 5.41) is 0. The van der Waals surface area contributed by atoms with Gasteiger partial charge in [-0.15, -0.1) is 0 Å². The van der Waals surface area contributed by atoms with Gasteiger partial charge in [0.05, 0.1) is 7.11 Å². The molecule has 1 atom stereocenters. The summed E-state index contributed by atoms with van der Waals surface area (Å²) in [7, 11) is 1.71. The number of methoxy groups -OCH3 is 1. The number of ether oxygens (including phenoxy) is 1. The molecule has 1 aromatic rings. The van der Waals surface area contributed by atoms with Gasteiger partial charge in [-0.1, -0.05) is 32.0 Å². The third-order valence-corrected chi connectivity index (χ3v) is 2.67. The van der Waals surface area contributed by atoms with Gasteiger partial charge in [-0.05, 0) is 30.4 Å². The first-order chi connectivity index (χ1) is 6.97. The summed E-state index contributed by atoms with van der Waals surface area (Å²) in [4.78, 5) is 0. The van der Waals surface area contributed by atoms with Crippen molar-refractivity contribution in [2.24, 2.45) is 5.73 Å². The lowest BCUT2D eigenvalue weighted by Crippen LogP contribution is -2.28. The van der Waals surface area contributed by atoms with Crippen molar-refractivity contribution >= 4 is 0 Å². The predicted octanol–water partition coefficient (Wildman–Crippen LogP) is 2.71. The second kappa shape index (κ2) is 4.67. The third-order valence-electron chi connectivity index (χ3n) is 2.67. The average Bonchev–Trinajstić information content (AvgIpc) is 2.16. The first-order valence-corrected chi connectivity index (χ1v) is 5.36. The Morgan fingerprint density at radius 1 is 1.33 bits per heavy atom. The Hall–Kier alpha value is -1.02. The lowest BCUT2D eigenvalue weighted by molar-refractivity contribution is 0.376. The first-order valence-electron chi connectivity index (χ1n) is 5.36. The van der Waals surface area contributed by atoms with Gasteiger partial charge in [0.2, 0.25) is 0 Å². The van der Waals surface area contributed by atoms with E-state index in [0.717, 1.165) is 12.2 Å². The maximum absolute atomic E-state index is 5.87. The Morgan fingerprint density at radius 2 is 1.93 bits per heavy atom. The lowest BCUT2D eigenvalue weighted by Gasteiger charge is -2.28. The maximum atomic E-state index is 5.87. The molecule has 0 aliphatic rings. The van der Waals surface area contributed by atoms with Crippen LogP contribution in [0.1, 0.15) is 32.8 Å². The molecule has 0 amide bonds. The molecule has 1 rings (SSSR count). The van der Waals surface area contributed by atoms with Crippen LogP contribution in [0.4, 0.5) is 0 Å². The van der Waals surface area contributed by atoms with Crippen LogP contribution < -0.4 is 10.5 Å². The van der Waals surface area contributed by atoms with Gasteiger partial charge in [0.1, 0.15) is 5.75 Å². The molecule has 0 aliphatic carbocycles. The van der Waals surface area contributed by atoms with Gasteiger partial charge in [-0.25, -0.2) is 0 Å². The standard InChI is InChI=1S/C13H21NO/c1-10(14)9-13(2,3)11-7-5-6-8-12(11)15-4/h5-8,10H,9,14H2,1-4H3. The van der Waals surface area contributed by atoms with Gasteiger partial charge >= 0.3 is 0 Å². The molecule has 1 aromatic carbocycles. The van der Waals surface area contributed by atoms with Crippen molar-refractivity contribution in [3.05, 3.63) is 29.8 Å². The fraction of sp³-hybridized carbons (Fsp3) is 0.538. The van der Waals surface area contributed by atoms with E-state index in [2.05, 4.69) is 19.9 Å². The van der Waals surface area contributed by atoms with Crippen LogP contribution in [-0.2, 0) is 5.41 Å². The fourth-order valence-corrected chi connectivity index (χ4v) is 2.12. The zero-order valence-corrected chi connectivity index (χ0v) is 10.1. The topological polar surface area (TPSA) is 35.2 Å². The van der Waals surface area contributed by atoms with Crippen LogP contribution in [0.15, 0.2) is 24.3 Å². The predicted molar refractivity (Wildman–Crippen MR) is 64.3 cm³/mol. The van der Waals surface area contributed by atoms with Crippen LogP contribution in [-0.4, -0.2) is 13.2 Å². The minimum Gasteiger partial charge on any atom is -0.496 e. The molecule has 15 heavy (non-hydrogen) atoms. The highest BCUT2D eigenvalue weighted by atomic mass is 16.5. The molecule has 0 heterocycles. The Kier molecular flexibility index (Phi) is 3.75. The smallest absolute Gasteiger partial charge is 0.122 e. The van der Waals surface area contributed by atoms with E-state index in [0.29, 0.717) is 0 Å². The number of benzene rings is 1. The maximum Gasteiger partial charge on any atom is 0.122 e. The number of rotatable bonds is 4. The van der Waals surface area contributed by atoms with Gasteiger partial charge in [0, 0.05) is 6.04 Å². The second-order valence-corrected chi connectivity index (χ2v) is 4.77. The number of para-hydroxylation sites is 1. The van der Waals surface area contributed by atoms with E-state index < -0.39 is 0 Å². The van der Waals surface area contributed by atoms with Gasteiger partial charge in [-0.3, -0.25) is 0 Å². The van der Waals surface area contributed by atoms with Crippen LogP contribution in [0.25, 0.3) is 0 Å². The number of hydrogen-bond donors (Lipinski definition) is 1. The molecule has 0 aromatic heterocycles. The Balaban J connectivity index is 3.02. The summed E-state index contributed by atoms with van der Waals surface area (Å²) in [6, 6.07) is 8.34. The number of nitrogens with two attached hydrogens (primary N) is 1. The SMILES string of the molecule is COc1ccccc1C(C)(C)CC(C)N. The molecule has 2 N–H and O–H groups in total. The Morgan fingerprint density at radius 3 is 2.47 bits per heavy atom. The van der Waals surface area contributed by atoms with E-state index in [9.17, 15) is 0 Å². The molecule has 0 aliphatic heterocycles. The minimum absolute atomic E-state index is 0.0563. The van der Waals surface area contributed by atoms with E-state index in [4.69, 9.17) is 10.5 Å². The molecule has 1 unspecified atom stereocenters. The molecular formula is C13H21NO. The van der Waals surface area contributed by atoms with E-state index in [1.807, 2.05) is 25.1 Å². The van der Waals surface area contributed by atoms with Crippen LogP contribution >= 0.6 is 0 Å². The van der Waals surface area contributed by atoms with Crippen molar-refractivity contribution < 1.29 is 4.74 Å². The summed E-state index contributed by atoms with van der Waals surface area (Å²) < 4.78 is 5.37. The summed E-state index contributed by atoms with van der Waals surface area (Å²) in [5.41, 5.74) is 7.15. The molecule has 0 saturated heterocycles. The van der Waals surface area contributed by atoms with Crippen molar-refractivity contribution in [3.63, 3.8) is 0 Å². The van der Waals surface area contributed by atoms with Crippen molar-refractivity contribution in [1.29, 1.82) is 0 Å². The average molecular weight is 207 g/mol. The molecule has 0 fully saturated rings. The summed E-state index contributed by atoms with van der Waals surface area (Å²) in [5.74, 6) is 0.947. The molecule has 2 heteroatoms. The summed E-state index contributed by atoms with van der Waals surface area (Å²) in [6.45, 7) is 6.44. The van der Waals surface area contributed by atoms with E-state index in [-0.39, 0.29) is 11.5 Å². The summed E-state index contributed by atoms with van der Waals surface area (Å²) >= 11 is 0. The molecule has 84 valence electrons. The lowest BCUT2D eigenvalue weighted by atomic mass is 9.79. The van der Waals surface area contributed by atoms with Crippen LogP contribution in [0, 0.1) is 0 Å². The van der Waals surface area contributed by atoms with Gasteiger partial charge in [0.25, 0.3) is 0 Å². The highest BCUT2D eigenvalue weighted by Crippen LogP contribution is 2.34. The van der Waals surface area contributed by atoms with Crippen molar-refractivity contribution in [3.8, 4) is 5.75 Å². The zero-order valence-electron chi connectivity index (χ0n) is 10.1. The number of hydrogen-bond acceptors (Lipinski definition) is 2. The van der Waals surface area contributed by atoms with Crippen LogP contribution in [0.5, 0.6) is 5.75 Å². The van der Waals surface area contributed by atoms with Gasteiger partial charge in [-0.2, -0.15) is 0 Å². The molecule has 2 nitrogen and oxygen atoms in total.